The van der Waals surface area contributed by atoms with Crippen LogP contribution in [0.5, 0.6) is 0 Å². The highest BCUT2D eigenvalue weighted by molar-refractivity contribution is 6.31. The van der Waals surface area contributed by atoms with Gasteiger partial charge in [-0.3, -0.25) is 19.9 Å². The number of pyridine rings is 1. The van der Waals surface area contributed by atoms with Gasteiger partial charge in [-0.1, -0.05) is 11.6 Å². The molecule has 1 aromatic carbocycles. The normalized spacial score (nSPS) is 10.4. The summed E-state index contributed by atoms with van der Waals surface area (Å²) in [5.74, 6) is -1.20. The van der Waals surface area contributed by atoms with Crippen LogP contribution in [0.4, 0.5) is 15.8 Å². The van der Waals surface area contributed by atoms with Crippen molar-refractivity contribution in [1.29, 1.82) is 0 Å². The van der Waals surface area contributed by atoms with E-state index in [-0.39, 0.29) is 22.7 Å². The molecule has 1 amide bonds. The number of nitrogens with zero attached hydrogens (tertiary/aromatic N) is 3. The summed E-state index contributed by atoms with van der Waals surface area (Å²) in [5, 5.41) is 10.7. The topological polar surface area (TPSA) is 76.3 Å². The van der Waals surface area contributed by atoms with E-state index in [1.807, 2.05) is 0 Å². The largest absolute Gasteiger partial charge is 0.311 e. The van der Waals surface area contributed by atoms with Gasteiger partial charge < -0.3 is 4.90 Å². The van der Waals surface area contributed by atoms with E-state index in [9.17, 15) is 19.3 Å². The second kappa shape index (κ2) is 7.15. The number of rotatable bonds is 5. The average Bonchev–Trinajstić information content (AvgIpc) is 2.52. The summed E-state index contributed by atoms with van der Waals surface area (Å²) >= 11 is 5.57. The molecule has 0 atom stereocenters. The molecular weight excluding hydrogens is 325 g/mol. The maximum atomic E-state index is 13.6. The molecule has 8 heteroatoms. The highest BCUT2D eigenvalue weighted by Gasteiger charge is 2.22. The predicted molar refractivity (Wildman–Crippen MR) is 84.0 cm³/mol. The number of carbonyl (C=O) groups excluding carboxylic acids is 1. The minimum Gasteiger partial charge on any atom is -0.311 e. The molecule has 0 saturated heterocycles. The second-order valence-corrected chi connectivity index (χ2v) is 5.09. The van der Waals surface area contributed by atoms with Crippen molar-refractivity contribution < 1.29 is 14.1 Å². The van der Waals surface area contributed by atoms with Crippen molar-refractivity contribution in [3.05, 3.63) is 63.2 Å². The SMILES string of the molecule is CCN(C(=O)Cc1cc(F)c(Cl)cc1[N+](=O)[O-])c1cccnc1. The smallest absolute Gasteiger partial charge is 0.274 e. The summed E-state index contributed by atoms with van der Waals surface area (Å²) in [6, 6.07) is 5.22. The summed E-state index contributed by atoms with van der Waals surface area (Å²) in [5.41, 5.74) is 0.160. The van der Waals surface area contributed by atoms with Gasteiger partial charge in [0.25, 0.3) is 5.69 Å². The van der Waals surface area contributed by atoms with Crippen LogP contribution in [0.1, 0.15) is 12.5 Å². The number of amides is 1. The lowest BCUT2D eigenvalue weighted by Crippen LogP contribution is -2.32. The van der Waals surface area contributed by atoms with E-state index in [4.69, 9.17) is 11.6 Å². The zero-order valence-electron chi connectivity index (χ0n) is 12.2. The minimum absolute atomic E-state index is 0.0239. The molecule has 0 aliphatic rings. The van der Waals surface area contributed by atoms with Gasteiger partial charge in [-0.05, 0) is 25.1 Å². The number of hydrogen-bond acceptors (Lipinski definition) is 4. The van der Waals surface area contributed by atoms with Gasteiger partial charge in [-0.15, -0.1) is 0 Å². The Kier molecular flexibility index (Phi) is 5.23. The first-order valence-corrected chi connectivity index (χ1v) is 7.14. The van der Waals surface area contributed by atoms with Crippen LogP contribution < -0.4 is 4.90 Å². The van der Waals surface area contributed by atoms with E-state index >= 15 is 0 Å². The average molecular weight is 338 g/mol. The Balaban J connectivity index is 2.32. The number of halogens is 2. The monoisotopic (exact) mass is 337 g/mol. The predicted octanol–water partition coefficient (Wildman–Crippen LogP) is 3.38. The fourth-order valence-electron chi connectivity index (χ4n) is 2.16. The van der Waals surface area contributed by atoms with Gasteiger partial charge in [-0.25, -0.2) is 4.39 Å². The molecule has 0 unspecified atom stereocenters. The molecule has 0 bridgehead atoms. The number of nitro groups is 1. The van der Waals surface area contributed by atoms with E-state index < -0.39 is 16.6 Å². The standard InChI is InChI=1S/C15H13ClFN3O3/c1-2-19(11-4-3-5-18-9-11)15(21)7-10-6-13(17)12(16)8-14(10)20(22)23/h3-6,8-9H,2,7H2,1H3. The lowest BCUT2D eigenvalue weighted by molar-refractivity contribution is -0.385. The molecule has 0 spiro atoms. The maximum Gasteiger partial charge on any atom is 0.274 e. The molecule has 1 aromatic heterocycles. The highest BCUT2D eigenvalue weighted by atomic mass is 35.5. The Labute approximate surface area is 136 Å². The minimum atomic E-state index is -0.801. The van der Waals surface area contributed by atoms with Crippen LogP contribution in [0.3, 0.4) is 0 Å². The zero-order chi connectivity index (χ0) is 17.0. The molecule has 0 aliphatic heterocycles. The number of hydrogen-bond donors (Lipinski definition) is 0. The lowest BCUT2D eigenvalue weighted by Gasteiger charge is -2.20. The molecule has 2 rings (SSSR count). The molecule has 2 aromatic rings. The Morgan fingerprint density at radius 2 is 2.22 bits per heavy atom. The maximum absolute atomic E-state index is 13.6. The molecule has 0 aliphatic carbocycles. The molecule has 0 radical (unpaired) electrons. The third-order valence-electron chi connectivity index (χ3n) is 3.23. The van der Waals surface area contributed by atoms with Gasteiger partial charge in [0.1, 0.15) is 5.82 Å². The third kappa shape index (κ3) is 3.81. The second-order valence-electron chi connectivity index (χ2n) is 4.68. The van der Waals surface area contributed by atoms with E-state index in [1.54, 1.807) is 25.3 Å². The van der Waals surface area contributed by atoms with Crippen molar-refractivity contribution in [3.8, 4) is 0 Å². The molecule has 23 heavy (non-hydrogen) atoms. The Morgan fingerprint density at radius 3 is 2.78 bits per heavy atom. The summed E-state index contributed by atoms with van der Waals surface area (Å²) in [7, 11) is 0. The van der Waals surface area contributed by atoms with Crippen molar-refractivity contribution >= 4 is 28.9 Å². The first-order valence-electron chi connectivity index (χ1n) is 6.76. The third-order valence-corrected chi connectivity index (χ3v) is 3.52. The van der Waals surface area contributed by atoms with Crippen LogP contribution in [0.25, 0.3) is 0 Å². The van der Waals surface area contributed by atoms with E-state index in [2.05, 4.69) is 4.98 Å². The van der Waals surface area contributed by atoms with Crippen molar-refractivity contribution in [2.45, 2.75) is 13.3 Å². The molecule has 0 fully saturated rings. The Hall–Kier alpha value is -2.54. The van der Waals surface area contributed by atoms with Crippen LogP contribution in [0, 0.1) is 15.9 Å². The van der Waals surface area contributed by atoms with Gasteiger partial charge in [0, 0.05) is 24.4 Å². The summed E-state index contributed by atoms with van der Waals surface area (Å²) in [6.07, 6.45) is 2.77. The van der Waals surface area contributed by atoms with Crippen molar-refractivity contribution in [2.75, 3.05) is 11.4 Å². The summed E-state index contributed by atoms with van der Waals surface area (Å²) in [6.45, 7) is 2.12. The summed E-state index contributed by atoms with van der Waals surface area (Å²) < 4.78 is 13.6. The van der Waals surface area contributed by atoms with Crippen LogP contribution >= 0.6 is 11.6 Å². The highest BCUT2D eigenvalue weighted by Crippen LogP contribution is 2.27. The molecule has 0 saturated carbocycles. The molecule has 120 valence electrons. The van der Waals surface area contributed by atoms with Gasteiger partial charge in [0.2, 0.25) is 5.91 Å². The van der Waals surface area contributed by atoms with Crippen molar-refractivity contribution in [3.63, 3.8) is 0 Å². The molecule has 1 heterocycles. The van der Waals surface area contributed by atoms with E-state index in [0.717, 1.165) is 12.1 Å². The molecular formula is C15H13ClFN3O3. The fraction of sp³-hybridized carbons (Fsp3) is 0.200. The van der Waals surface area contributed by atoms with Gasteiger partial charge >= 0.3 is 0 Å². The van der Waals surface area contributed by atoms with Gasteiger partial charge in [0.05, 0.1) is 28.3 Å². The number of aromatic nitrogens is 1. The van der Waals surface area contributed by atoms with Crippen molar-refractivity contribution in [2.24, 2.45) is 0 Å². The van der Waals surface area contributed by atoms with Crippen LogP contribution in [0.2, 0.25) is 5.02 Å². The fourth-order valence-corrected chi connectivity index (χ4v) is 2.32. The van der Waals surface area contributed by atoms with Crippen LogP contribution in [-0.2, 0) is 11.2 Å². The van der Waals surface area contributed by atoms with E-state index in [1.165, 1.54) is 11.1 Å². The number of carbonyl (C=O) groups is 1. The quantitative estimate of drug-likeness (QED) is 0.619. The van der Waals surface area contributed by atoms with Gasteiger partial charge in [-0.2, -0.15) is 0 Å². The van der Waals surface area contributed by atoms with Crippen molar-refractivity contribution in [1.82, 2.24) is 4.98 Å². The zero-order valence-corrected chi connectivity index (χ0v) is 13.0. The first kappa shape index (κ1) is 16.8. The van der Waals surface area contributed by atoms with Crippen LogP contribution in [0.15, 0.2) is 36.7 Å². The number of likely N-dealkylation sites (N-methyl/N-ethyl adjacent to an activating group) is 1. The number of anilines is 1. The number of nitro benzene ring substituents is 1. The number of benzene rings is 1. The summed E-state index contributed by atoms with van der Waals surface area (Å²) in [4.78, 5) is 28.2. The Bertz CT molecular complexity index is 740. The first-order chi connectivity index (χ1) is 10.9. The van der Waals surface area contributed by atoms with E-state index in [0.29, 0.717) is 12.2 Å². The lowest BCUT2D eigenvalue weighted by atomic mass is 10.1. The molecule has 0 N–H and O–H groups in total. The molecule has 6 nitrogen and oxygen atoms in total. The van der Waals surface area contributed by atoms with Crippen LogP contribution in [-0.4, -0.2) is 22.4 Å². The Morgan fingerprint density at radius 1 is 1.48 bits per heavy atom. The van der Waals surface area contributed by atoms with Gasteiger partial charge in [0.15, 0.2) is 0 Å².